The number of nitrogens with zero attached hydrogens (tertiary/aromatic N) is 5. The van der Waals surface area contributed by atoms with Gasteiger partial charge in [-0.15, -0.1) is 0 Å². The molecule has 11 heteroatoms. The molecular formula is C31H37N5O6. The Kier molecular flexibility index (Phi) is 7.87. The quantitative estimate of drug-likeness (QED) is 0.464. The van der Waals surface area contributed by atoms with Gasteiger partial charge in [-0.25, -0.2) is 9.80 Å². The summed E-state index contributed by atoms with van der Waals surface area (Å²) in [6, 6.07) is 15.0. The minimum atomic E-state index is -1.29. The second-order valence-corrected chi connectivity index (χ2v) is 10.9. The van der Waals surface area contributed by atoms with E-state index < -0.39 is 17.6 Å². The maximum atomic E-state index is 15.0. The van der Waals surface area contributed by atoms with E-state index in [1.807, 2.05) is 53.4 Å². The first-order valence-electron chi connectivity index (χ1n) is 14.7. The summed E-state index contributed by atoms with van der Waals surface area (Å²) < 4.78 is 16.5. The van der Waals surface area contributed by atoms with Crippen LogP contribution >= 0.6 is 0 Å². The van der Waals surface area contributed by atoms with Crippen molar-refractivity contribution in [1.82, 2.24) is 4.90 Å². The van der Waals surface area contributed by atoms with Crippen LogP contribution in [-0.2, 0) is 23.9 Å². The molecular weight excluding hydrogens is 538 g/mol. The van der Waals surface area contributed by atoms with Crippen molar-refractivity contribution >= 4 is 40.6 Å². The maximum absolute atomic E-state index is 15.0. The first kappa shape index (κ1) is 28.2. The molecule has 0 bridgehead atoms. The number of hydrogen-bond acceptors (Lipinski definition) is 9. The minimum absolute atomic E-state index is 0.127. The fourth-order valence-electron chi connectivity index (χ4n) is 6.63. The number of benzene rings is 2. The first-order valence-corrected chi connectivity index (χ1v) is 14.7. The molecule has 0 spiro atoms. The molecule has 4 aliphatic heterocycles. The predicted octanol–water partition coefficient (Wildman–Crippen LogP) is 3.03. The highest BCUT2D eigenvalue weighted by atomic mass is 16.5. The molecule has 42 heavy (non-hydrogen) atoms. The Morgan fingerprint density at radius 3 is 2.24 bits per heavy atom. The number of hydrogen-bond donors (Lipinski definition) is 0. The molecule has 0 aliphatic carbocycles. The van der Waals surface area contributed by atoms with Gasteiger partial charge in [-0.3, -0.25) is 14.5 Å². The summed E-state index contributed by atoms with van der Waals surface area (Å²) in [6.45, 7) is 5.02. The van der Waals surface area contributed by atoms with Gasteiger partial charge in [-0.2, -0.15) is 5.10 Å². The monoisotopic (exact) mass is 575 g/mol. The number of ether oxygens (including phenoxy) is 3. The molecule has 4 aliphatic rings. The number of fused-ring (bicyclic) bond motifs is 1. The van der Waals surface area contributed by atoms with Crippen molar-refractivity contribution < 1.29 is 28.6 Å². The van der Waals surface area contributed by atoms with E-state index in [4.69, 9.17) is 19.3 Å². The Morgan fingerprint density at radius 1 is 0.929 bits per heavy atom. The van der Waals surface area contributed by atoms with E-state index in [1.165, 1.54) is 0 Å². The number of carbonyl (C=O) groups excluding carboxylic acids is 3. The van der Waals surface area contributed by atoms with Crippen molar-refractivity contribution in [1.29, 1.82) is 0 Å². The summed E-state index contributed by atoms with van der Waals surface area (Å²) in [5, 5.41) is 6.56. The molecule has 4 heterocycles. The lowest BCUT2D eigenvalue weighted by Crippen LogP contribution is -2.74. The van der Waals surface area contributed by atoms with Gasteiger partial charge in [-0.1, -0.05) is 0 Å². The van der Waals surface area contributed by atoms with Crippen molar-refractivity contribution in [3.63, 3.8) is 0 Å². The number of piperidine rings is 2. The number of carbonyl (C=O) groups is 3. The smallest absolute Gasteiger partial charge is 0.354 e. The van der Waals surface area contributed by atoms with Crippen LogP contribution < -0.4 is 19.5 Å². The SMILES string of the molecule is CCOC(=O)C1=NN(c2ccc(OC)cc2)C2(N3CCOCC3)C(=O)N(c3ccc(N4CCCCC4=O)cc3)CCC12. The van der Waals surface area contributed by atoms with Gasteiger partial charge in [-0.05, 0) is 74.7 Å². The number of anilines is 3. The normalized spacial score (nSPS) is 24.9. The van der Waals surface area contributed by atoms with Crippen LogP contribution in [0.25, 0.3) is 0 Å². The average Bonchev–Trinajstić information content (AvgIpc) is 3.39. The average molecular weight is 576 g/mol. The largest absolute Gasteiger partial charge is 0.497 e. The molecule has 3 fully saturated rings. The van der Waals surface area contributed by atoms with Crippen molar-refractivity contribution in [3.8, 4) is 5.75 Å². The second kappa shape index (κ2) is 11.7. The Labute approximate surface area is 245 Å². The molecule has 2 amide bonds. The van der Waals surface area contributed by atoms with E-state index in [2.05, 4.69) is 4.90 Å². The van der Waals surface area contributed by atoms with Gasteiger partial charge in [0.2, 0.25) is 11.6 Å². The van der Waals surface area contributed by atoms with Crippen LogP contribution in [0.5, 0.6) is 5.75 Å². The highest BCUT2D eigenvalue weighted by Gasteiger charge is 2.65. The third kappa shape index (κ3) is 4.70. The lowest BCUT2D eigenvalue weighted by molar-refractivity contribution is -0.140. The van der Waals surface area contributed by atoms with E-state index in [9.17, 15) is 14.4 Å². The van der Waals surface area contributed by atoms with Crippen LogP contribution in [0.3, 0.4) is 0 Å². The van der Waals surface area contributed by atoms with Gasteiger partial charge >= 0.3 is 5.97 Å². The first-order chi connectivity index (χ1) is 20.5. The molecule has 11 nitrogen and oxygen atoms in total. The Balaban J connectivity index is 1.42. The van der Waals surface area contributed by atoms with Gasteiger partial charge in [0, 0.05) is 44.0 Å². The minimum Gasteiger partial charge on any atom is -0.497 e. The summed E-state index contributed by atoms with van der Waals surface area (Å²) in [5.74, 6) is -0.379. The van der Waals surface area contributed by atoms with E-state index in [-0.39, 0.29) is 24.1 Å². The maximum Gasteiger partial charge on any atom is 0.354 e. The molecule has 3 saturated heterocycles. The molecule has 0 saturated carbocycles. The fraction of sp³-hybridized carbons (Fsp3) is 0.484. The lowest BCUT2D eigenvalue weighted by atomic mass is 9.79. The van der Waals surface area contributed by atoms with E-state index in [1.54, 1.807) is 23.9 Å². The predicted molar refractivity (Wildman–Crippen MR) is 158 cm³/mol. The molecule has 2 atom stereocenters. The molecule has 0 N–H and O–H groups in total. The zero-order chi connectivity index (χ0) is 29.3. The van der Waals surface area contributed by atoms with E-state index >= 15 is 0 Å². The number of hydrazone groups is 1. The van der Waals surface area contributed by atoms with Gasteiger partial charge in [0.05, 0.1) is 38.5 Å². The van der Waals surface area contributed by atoms with Gasteiger partial charge in [0.25, 0.3) is 5.91 Å². The number of amides is 2. The summed E-state index contributed by atoms with van der Waals surface area (Å²) in [7, 11) is 1.60. The lowest BCUT2D eigenvalue weighted by Gasteiger charge is -2.53. The van der Waals surface area contributed by atoms with Crippen LogP contribution in [0.15, 0.2) is 53.6 Å². The molecule has 0 aromatic heterocycles. The Morgan fingerprint density at radius 2 is 1.60 bits per heavy atom. The summed E-state index contributed by atoms with van der Waals surface area (Å²) >= 11 is 0. The molecule has 2 aromatic carbocycles. The number of esters is 1. The van der Waals surface area contributed by atoms with Crippen LogP contribution in [0.2, 0.25) is 0 Å². The van der Waals surface area contributed by atoms with E-state index in [0.29, 0.717) is 63.7 Å². The molecule has 0 radical (unpaired) electrons. The highest BCUT2D eigenvalue weighted by molar-refractivity contribution is 6.40. The fourth-order valence-corrected chi connectivity index (χ4v) is 6.63. The summed E-state index contributed by atoms with van der Waals surface area (Å²) in [4.78, 5) is 46.5. The van der Waals surface area contributed by atoms with Crippen molar-refractivity contribution in [3.05, 3.63) is 48.5 Å². The van der Waals surface area contributed by atoms with Crippen molar-refractivity contribution in [2.24, 2.45) is 11.0 Å². The Hall–Kier alpha value is -3.96. The second-order valence-electron chi connectivity index (χ2n) is 10.9. The summed E-state index contributed by atoms with van der Waals surface area (Å²) in [5.41, 5.74) is 1.20. The van der Waals surface area contributed by atoms with Crippen LogP contribution in [0.4, 0.5) is 17.1 Å². The molecule has 2 aromatic rings. The standard InChI is InChI=1S/C31H37N5O6/c1-3-42-29(38)28-26-15-17-35(23-9-7-22(8-10-23)34-16-5-4-6-27(34)37)30(39)31(26,33-18-20-41-21-19-33)36(32-28)24-11-13-25(40-2)14-12-24/h7-14,26H,3-6,15-21H2,1-2H3. The zero-order valence-corrected chi connectivity index (χ0v) is 24.2. The van der Waals surface area contributed by atoms with Crippen LogP contribution in [0.1, 0.15) is 32.6 Å². The van der Waals surface area contributed by atoms with Crippen LogP contribution in [-0.4, -0.2) is 87.2 Å². The van der Waals surface area contributed by atoms with E-state index in [0.717, 1.165) is 24.2 Å². The third-order valence-corrected chi connectivity index (χ3v) is 8.64. The van der Waals surface area contributed by atoms with Crippen molar-refractivity contribution in [2.75, 3.05) is 67.9 Å². The number of methoxy groups -OCH3 is 1. The Bertz CT molecular complexity index is 1360. The number of morpholine rings is 1. The highest BCUT2D eigenvalue weighted by Crippen LogP contribution is 2.47. The topological polar surface area (TPSA) is 104 Å². The zero-order valence-electron chi connectivity index (χ0n) is 24.2. The molecule has 222 valence electrons. The molecule has 6 rings (SSSR count). The molecule has 2 unspecified atom stereocenters. The van der Waals surface area contributed by atoms with Crippen LogP contribution in [0, 0.1) is 5.92 Å². The van der Waals surface area contributed by atoms with Gasteiger partial charge < -0.3 is 24.0 Å². The van der Waals surface area contributed by atoms with Crippen molar-refractivity contribution in [2.45, 2.75) is 38.3 Å². The summed E-state index contributed by atoms with van der Waals surface area (Å²) in [6.07, 6.45) is 2.96. The van der Waals surface area contributed by atoms with Gasteiger partial charge in [0.1, 0.15) is 5.75 Å². The third-order valence-electron chi connectivity index (χ3n) is 8.64. The number of rotatable bonds is 7. The van der Waals surface area contributed by atoms with Gasteiger partial charge in [0.15, 0.2) is 5.71 Å².